The predicted octanol–water partition coefficient (Wildman–Crippen LogP) is 3.26. The van der Waals surface area contributed by atoms with E-state index in [1.165, 1.54) is 0 Å². The molecule has 1 atom stereocenters. The molecule has 0 bridgehead atoms. The van der Waals surface area contributed by atoms with Gasteiger partial charge in [0.25, 0.3) is 5.91 Å². The number of hydrogen-bond acceptors (Lipinski definition) is 4. The number of nitrogen functional groups attached to an aromatic ring is 1. The van der Waals surface area contributed by atoms with E-state index in [2.05, 4.69) is 0 Å². The molecular weight excluding hydrogens is 338 g/mol. The summed E-state index contributed by atoms with van der Waals surface area (Å²) in [5.74, 6) is -0.00776. The second-order valence-electron chi connectivity index (χ2n) is 7.07. The number of aliphatic hydroxyl groups excluding tert-OH is 1. The molecule has 1 saturated heterocycles. The fourth-order valence-corrected chi connectivity index (χ4v) is 3.80. The fraction of sp³-hybridized carbons (Fsp3) is 0.273. The maximum Gasteiger partial charge on any atom is 0.256 e. The minimum Gasteiger partial charge on any atom is -0.397 e. The first-order valence-corrected chi connectivity index (χ1v) is 9.30. The Hall–Kier alpha value is -2.92. The molecule has 2 heterocycles. The number of nitrogens with two attached hydrogens (primary N) is 1. The lowest BCUT2D eigenvalue weighted by Gasteiger charge is -2.33. The lowest BCUT2D eigenvalue weighted by atomic mass is 9.91. The van der Waals surface area contributed by atoms with Gasteiger partial charge in [-0.3, -0.25) is 9.78 Å². The van der Waals surface area contributed by atoms with E-state index in [0.717, 1.165) is 29.4 Å². The quantitative estimate of drug-likeness (QED) is 0.750. The number of likely N-dealkylation sites (tertiary alicyclic amines) is 1. The van der Waals surface area contributed by atoms with E-state index in [-0.39, 0.29) is 11.8 Å². The molecule has 1 aliphatic rings. The molecule has 0 spiro atoms. The minimum absolute atomic E-state index is 0.229. The number of carbonyl (C=O) groups excluding carboxylic acids is 1. The van der Waals surface area contributed by atoms with Crippen molar-refractivity contribution in [2.45, 2.75) is 24.9 Å². The topological polar surface area (TPSA) is 79.5 Å². The molecule has 1 fully saturated rings. The standard InChI is InChI=1S/C22H23N3O2/c23-18-14-17-8-4-5-9-19(17)24-20(18)15-10-12-25(13-11-15)22(27)21(26)16-6-2-1-3-7-16/h1-9,14-15,21,26H,10-13,23H2/t21-/m1/s1. The molecule has 5 nitrogen and oxygen atoms in total. The Kier molecular flexibility index (Phi) is 4.77. The van der Waals surface area contributed by atoms with Crippen LogP contribution in [0, 0.1) is 0 Å². The number of benzene rings is 2. The van der Waals surface area contributed by atoms with E-state index < -0.39 is 6.10 Å². The van der Waals surface area contributed by atoms with Crippen molar-refractivity contribution in [2.24, 2.45) is 0 Å². The van der Waals surface area contributed by atoms with Crippen molar-refractivity contribution in [1.82, 2.24) is 9.88 Å². The van der Waals surface area contributed by atoms with Crippen LogP contribution in [0.4, 0.5) is 5.69 Å². The van der Waals surface area contributed by atoms with Crippen LogP contribution in [-0.2, 0) is 4.79 Å². The summed E-state index contributed by atoms with van der Waals surface area (Å²) in [7, 11) is 0. The summed E-state index contributed by atoms with van der Waals surface area (Å²) >= 11 is 0. The van der Waals surface area contributed by atoms with E-state index in [4.69, 9.17) is 10.7 Å². The lowest BCUT2D eigenvalue weighted by Crippen LogP contribution is -2.40. The Bertz CT molecular complexity index is 950. The number of carbonyl (C=O) groups is 1. The molecule has 2 aromatic carbocycles. The molecule has 3 aromatic rings. The molecule has 27 heavy (non-hydrogen) atoms. The van der Waals surface area contributed by atoms with Crippen molar-refractivity contribution in [1.29, 1.82) is 0 Å². The van der Waals surface area contributed by atoms with Gasteiger partial charge in [-0.1, -0.05) is 48.5 Å². The van der Waals surface area contributed by atoms with Crippen LogP contribution in [0.15, 0.2) is 60.7 Å². The molecule has 3 N–H and O–H groups in total. The van der Waals surface area contributed by atoms with E-state index in [1.54, 1.807) is 17.0 Å². The van der Waals surface area contributed by atoms with Crippen LogP contribution in [0.3, 0.4) is 0 Å². The number of fused-ring (bicyclic) bond motifs is 1. The normalized spacial score (nSPS) is 16.4. The second-order valence-corrected chi connectivity index (χ2v) is 7.07. The number of pyridine rings is 1. The Morgan fingerprint density at radius 1 is 1.07 bits per heavy atom. The number of nitrogens with zero attached hydrogens (tertiary/aromatic N) is 2. The Morgan fingerprint density at radius 2 is 1.74 bits per heavy atom. The summed E-state index contributed by atoms with van der Waals surface area (Å²) < 4.78 is 0. The van der Waals surface area contributed by atoms with Gasteiger partial charge in [0, 0.05) is 24.4 Å². The molecule has 1 amide bonds. The second kappa shape index (κ2) is 7.37. The van der Waals surface area contributed by atoms with Crippen molar-refractivity contribution < 1.29 is 9.90 Å². The van der Waals surface area contributed by atoms with E-state index >= 15 is 0 Å². The molecule has 5 heteroatoms. The summed E-state index contributed by atoms with van der Waals surface area (Å²) in [4.78, 5) is 19.1. The highest BCUT2D eigenvalue weighted by Gasteiger charge is 2.29. The first kappa shape index (κ1) is 17.5. The van der Waals surface area contributed by atoms with Gasteiger partial charge in [0.15, 0.2) is 6.10 Å². The summed E-state index contributed by atoms with van der Waals surface area (Å²) in [5, 5.41) is 11.4. The van der Waals surface area contributed by atoms with Gasteiger partial charge >= 0.3 is 0 Å². The van der Waals surface area contributed by atoms with Gasteiger partial charge in [0.2, 0.25) is 0 Å². The predicted molar refractivity (Wildman–Crippen MR) is 106 cm³/mol. The third-order valence-electron chi connectivity index (χ3n) is 5.33. The van der Waals surface area contributed by atoms with Crippen LogP contribution < -0.4 is 5.73 Å². The maximum absolute atomic E-state index is 12.6. The SMILES string of the molecule is Nc1cc2ccccc2nc1C1CCN(C(=O)[C@H](O)c2ccccc2)CC1. The van der Waals surface area contributed by atoms with Crippen LogP contribution in [0.2, 0.25) is 0 Å². The van der Waals surface area contributed by atoms with Gasteiger partial charge in [0.05, 0.1) is 16.9 Å². The van der Waals surface area contributed by atoms with Crippen LogP contribution in [0.25, 0.3) is 10.9 Å². The molecule has 138 valence electrons. The average Bonchev–Trinajstić information content (AvgIpc) is 2.73. The third kappa shape index (κ3) is 3.51. The largest absolute Gasteiger partial charge is 0.397 e. The van der Waals surface area contributed by atoms with E-state index in [9.17, 15) is 9.90 Å². The van der Waals surface area contributed by atoms with Crippen LogP contribution >= 0.6 is 0 Å². The molecular formula is C22H23N3O2. The number of aliphatic hydroxyl groups is 1. The molecule has 0 saturated carbocycles. The lowest BCUT2D eigenvalue weighted by molar-refractivity contribution is -0.141. The highest BCUT2D eigenvalue weighted by molar-refractivity contribution is 5.83. The number of piperidine rings is 1. The highest BCUT2D eigenvalue weighted by Crippen LogP contribution is 2.33. The van der Waals surface area contributed by atoms with Gasteiger partial charge in [0.1, 0.15) is 0 Å². The molecule has 1 aromatic heterocycles. The highest BCUT2D eigenvalue weighted by atomic mass is 16.3. The number of rotatable bonds is 3. The number of anilines is 1. The molecule has 0 aliphatic carbocycles. The zero-order valence-electron chi connectivity index (χ0n) is 15.1. The molecule has 0 radical (unpaired) electrons. The van der Waals surface area contributed by atoms with Crippen LogP contribution in [-0.4, -0.2) is 34.0 Å². The van der Waals surface area contributed by atoms with Crippen molar-refractivity contribution in [3.05, 3.63) is 71.9 Å². The Labute approximate surface area is 158 Å². The zero-order chi connectivity index (χ0) is 18.8. The molecule has 4 rings (SSSR count). The zero-order valence-corrected chi connectivity index (χ0v) is 15.1. The van der Waals surface area contributed by atoms with Crippen LogP contribution in [0.1, 0.15) is 36.1 Å². The van der Waals surface area contributed by atoms with Crippen molar-refractivity contribution >= 4 is 22.5 Å². The van der Waals surface area contributed by atoms with E-state index in [0.29, 0.717) is 24.3 Å². The van der Waals surface area contributed by atoms with Gasteiger partial charge in [-0.25, -0.2) is 0 Å². The number of aromatic nitrogens is 1. The van der Waals surface area contributed by atoms with E-state index in [1.807, 2.05) is 48.5 Å². The van der Waals surface area contributed by atoms with Crippen molar-refractivity contribution in [3.63, 3.8) is 0 Å². The monoisotopic (exact) mass is 361 g/mol. The van der Waals surface area contributed by atoms with Crippen molar-refractivity contribution in [3.8, 4) is 0 Å². The van der Waals surface area contributed by atoms with Crippen molar-refractivity contribution in [2.75, 3.05) is 18.8 Å². The fourth-order valence-electron chi connectivity index (χ4n) is 3.80. The maximum atomic E-state index is 12.6. The number of hydrogen-bond donors (Lipinski definition) is 2. The summed E-state index contributed by atoms with van der Waals surface area (Å²) in [6.07, 6.45) is 0.484. The minimum atomic E-state index is -1.10. The number of para-hydroxylation sites is 1. The van der Waals surface area contributed by atoms with Gasteiger partial charge in [-0.05, 0) is 30.5 Å². The Morgan fingerprint density at radius 3 is 2.48 bits per heavy atom. The average molecular weight is 361 g/mol. The Balaban J connectivity index is 1.46. The molecule has 1 aliphatic heterocycles. The summed E-state index contributed by atoms with van der Waals surface area (Å²) in [6.45, 7) is 1.20. The molecule has 0 unspecified atom stereocenters. The van der Waals surface area contributed by atoms with Crippen LogP contribution in [0.5, 0.6) is 0 Å². The summed E-state index contributed by atoms with van der Waals surface area (Å²) in [6, 6.07) is 19.0. The van der Waals surface area contributed by atoms with Gasteiger partial charge < -0.3 is 15.7 Å². The smallest absolute Gasteiger partial charge is 0.256 e. The third-order valence-corrected chi connectivity index (χ3v) is 5.33. The van der Waals surface area contributed by atoms with Gasteiger partial charge in [-0.15, -0.1) is 0 Å². The number of amides is 1. The first-order chi connectivity index (χ1) is 13.1. The van der Waals surface area contributed by atoms with Gasteiger partial charge in [-0.2, -0.15) is 0 Å². The summed E-state index contributed by atoms with van der Waals surface area (Å²) in [5.41, 5.74) is 9.46. The first-order valence-electron chi connectivity index (χ1n) is 9.30.